The van der Waals surface area contributed by atoms with E-state index in [1.54, 1.807) is 24.3 Å². The van der Waals surface area contributed by atoms with Gasteiger partial charge in [0.1, 0.15) is 25.1 Å². The summed E-state index contributed by atoms with van der Waals surface area (Å²) in [6.45, 7) is -0.192. The summed E-state index contributed by atoms with van der Waals surface area (Å²) in [6, 6.07) is 6.80. The minimum absolute atomic E-state index is 0.0951. The van der Waals surface area contributed by atoms with Crippen molar-refractivity contribution in [2.24, 2.45) is 0 Å². The third kappa shape index (κ3) is 3.90. The maximum atomic E-state index is 12.8. The van der Waals surface area contributed by atoms with Crippen LogP contribution in [0.4, 0.5) is 8.78 Å². The zero-order valence-electron chi connectivity index (χ0n) is 11.1. The van der Waals surface area contributed by atoms with Gasteiger partial charge in [-0.1, -0.05) is 12.1 Å². The molecule has 1 fully saturated rings. The molecule has 10 heteroatoms. The van der Waals surface area contributed by atoms with E-state index in [-0.39, 0.29) is 12.7 Å². The van der Waals surface area contributed by atoms with Gasteiger partial charge in [0.15, 0.2) is 0 Å². The molecular weight excluding hydrogens is 326 g/mol. The van der Waals surface area contributed by atoms with Crippen molar-refractivity contribution in [3.8, 4) is 5.75 Å². The Morgan fingerprint density at radius 3 is 2.41 bits per heavy atom. The molecule has 0 amide bonds. The lowest BCUT2D eigenvalue weighted by Crippen LogP contribution is -2.39. The molecule has 122 valence electrons. The number of carbonyl (C=O) groups excluding carboxylic acids is 1. The molecule has 2 rings (SSSR count). The summed E-state index contributed by atoms with van der Waals surface area (Å²) >= 11 is 0. The van der Waals surface area contributed by atoms with Gasteiger partial charge in [0, 0.05) is 0 Å². The Morgan fingerprint density at radius 2 is 1.91 bits per heavy atom. The van der Waals surface area contributed by atoms with Crippen LogP contribution in [-0.4, -0.2) is 44.0 Å². The van der Waals surface area contributed by atoms with Crippen LogP contribution in [-0.2, 0) is 24.4 Å². The highest BCUT2D eigenvalue weighted by atomic mass is 32.2. The third-order valence-electron chi connectivity index (χ3n) is 2.73. The largest absolute Gasteiger partial charge is 0.490 e. The standard InChI is InChI=1S/C12H12F2O7S/c13-12(14,22(16,17)18)11(15)20-6-5-19-9-3-1-8(2-4-9)10-7-21-10/h1-4,10H,5-7H2,(H,16,17,18). The Labute approximate surface area is 124 Å². The Balaban J connectivity index is 1.76. The second kappa shape index (κ2) is 6.15. The van der Waals surface area contributed by atoms with E-state index in [0.29, 0.717) is 12.4 Å². The van der Waals surface area contributed by atoms with Gasteiger partial charge in [-0.3, -0.25) is 4.55 Å². The minimum atomic E-state index is -5.86. The highest BCUT2D eigenvalue weighted by Crippen LogP contribution is 2.30. The molecule has 1 unspecified atom stereocenters. The van der Waals surface area contributed by atoms with E-state index in [9.17, 15) is 22.0 Å². The van der Waals surface area contributed by atoms with Crippen molar-refractivity contribution in [2.45, 2.75) is 11.4 Å². The van der Waals surface area contributed by atoms with Gasteiger partial charge in [0.25, 0.3) is 0 Å². The van der Waals surface area contributed by atoms with Crippen molar-refractivity contribution in [3.63, 3.8) is 0 Å². The molecule has 1 saturated heterocycles. The van der Waals surface area contributed by atoms with Gasteiger partial charge in [-0.25, -0.2) is 4.79 Å². The molecule has 0 spiro atoms. The average molecular weight is 338 g/mol. The second-order valence-corrected chi connectivity index (χ2v) is 5.83. The molecule has 1 aromatic rings. The summed E-state index contributed by atoms with van der Waals surface area (Å²) in [5.41, 5.74) is 0.978. The smallest absolute Gasteiger partial charge is 0.465 e. The first-order chi connectivity index (χ1) is 10.2. The number of ether oxygens (including phenoxy) is 3. The van der Waals surface area contributed by atoms with E-state index < -0.39 is 27.9 Å². The molecule has 0 saturated carbocycles. The first-order valence-electron chi connectivity index (χ1n) is 6.08. The van der Waals surface area contributed by atoms with Gasteiger partial charge < -0.3 is 14.2 Å². The van der Waals surface area contributed by atoms with Crippen molar-refractivity contribution >= 4 is 16.1 Å². The quantitative estimate of drug-likeness (QED) is 0.344. The summed E-state index contributed by atoms with van der Waals surface area (Å²) in [6.07, 6.45) is 0.0951. The first kappa shape index (κ1) is 16.6. The molecule has 22 heavy (non-hydrogen) atoms. The fraction of sp³-hybridized carbons (Fsp3) is 0.417. The SMILES string of the molecule is O=C(OCCOc1ccc(C2CO2)cc1)C(F)(F)S(=O)(=O)O. The minimum Gasteiger partial charge on any atom is -0.490 e. The molecule has 0 bridgehead atoms. The Bertz CT molecular complexity index is 638. The van der Waals surface area contributed by atoms with Crippen LogP contribution in [0, 0.1) is 0 Å². The van der Waals surface area contributed by atoms with Crippen LogP contribution in [0.1, 0.15) is 11.7 Å². The second-order valence-electron chi connectivity index (χ2n) is 4.37. The van der Waals surface area contributed by atoms with Crippen LogP contribution in [0.3, 0.4) is 0 Å². The summed E-state index contributed by atoms with van der Waals surface area (Å²) < 4.78 is 68.8. The van der Waals surface area contributed by atoms with Crippen molar-refractivity contribution in [2.75, 3.05) is 19.8 Å². The number of benzene rings is 1. The highest BCUT2D eigenvalue weighted by molar-refractivity contribution is 7.87. The molecule has 0 radical (unpaired) electrons. The molecular formula is C12H12F2O7S. The molecule has 1 atom stereocenters. The van der Waals surface area contributed by atoms with Crippen LogP contribution in [0.15, 0.2) is 24.3 Å². The predicted molar refractivity (Wildman–Crippen MR) is 68.1 cm³/mol. The first-order valence-corrected chi connectivity index (χ1v) is 7.52. The van der Waals surface area contributed by atoms with Gasteiger partial charge in [-0.2, -0.15) is 17.2 Å². The summed E-state index contributed by atoms with van der Waals surface area (Å²) in [5, 5.41) is -5.00. The van der Waals surface area contributed by atoms with Crippen LogP contribution in [0.25, 0.3) is 0 Å². The van der Waals surface area contributed by atoms with Crippen LogP contribution in [0.5, 0.6) is 5.75 Å². The average Bonchev–Trinajstić information content (AvgIpc) is 3.27. The molecule has 1 aliphatic heterocycles. The Kier molecular flexibility index (Phi) is 4.63. The van der Waals surface area contributed by atoms with E-state index >= 15 is 0 Å². The lowest BCUT2D eigenvalue weighted by molar-refractivity contribution is -0.162. The Hall–Kier alpha value is -1.78. The van der Waals surface area contributed by atoms with Crippen LogP contribution in [0.2, 0.25) is 0 Å². The van der Waals surface area contributed by atoms with Gasteiger partial charge in [-0.05, 0) is 17.7 Å². The summed E-state index contributed by atoms with van der Waals surface area (Å²) in [7, 11) is -5.86. The number of halogens is 2. The number of rotatable bonds is 7. The van der Waals surface area contributed by atoms with Gasteiger partial charge >= 0.3 is 21.3 Å². The van der Waals surface area contributed by atoms with E-state index in [4.69, 9.17) is 14.0 Å². The number of epoxide rings is 1. The maximum absolute atomic E-state index is 12.8. The van der Waals surface area contributed by atoms with Crippen molar-refractivity contribution in [1.82, 2.24) is 0 Å². The zero-order valence-corrected chi connectivity index (χ0v) is 11.9. The molecule has 0 aromatic heterocycles. The van der Waals surface area contributed by atoms with E-state index in [0.717, 1.165) is 5.56 Å². The molecule has 1 N–H and O–H groups in total. The highest BCUT2D eigenvalue weighted by Gasteiger charge is 2.54. The molecule has 0 aliphatic carbocycles. The monoisotopic (exact) mass is 338 g/mol. The van der Waals surface area contributed by atoms with E-state index in [1.807, 2.05) is 0 Å². The van der Waals surface area contributed by atoms with E-state index in [2.05, 4.69) is 4.74 Å². The third-order valence-corrected chi connectivity index (χ3v) is 3.55. The van der Waals surface area contributed by atoms with Crippen molar-refractivity contribution < 1.29 is 40.8 Å². The number of esters is 1. The van der Waals surface area contributed by atoms with Crippen molar-refractivity contribution in [1.29, 1.82) is 0 Å². The van der Waals surface area contributed by atoms with Crippen LogP contribution < -0.4 is 4.74 Å². The Morgan fingerprint density at radius 1 is 1.32 bits per heavy atom. The molecule has 7 nitrogen and oxygen atoms in total. The summed E-state index contributed by atoms with van der Waals surface area (Å²) in [5.74, 6) is -1.94. The van der Waals surface area contributed by atoms with Gasteiger partial charge in [0.05, 0.1) is 6.61 Å². The topological polar surface area (TPSA) is 102 Å². The molecule has 1 aliphatic rings. The summed E-state index contributed by atoms with van der Waals surface area (Å²) in [4.78, 5) is 10.9. The van der Waals surface area contributed by atoms with Gasteiger partial charge in [-0.15, -0.1) is 0 Å². The number of alkyl halides is 2. The lowest BCUT2D eigenvalue weighted by Gasteiger charge is -2.12. The normalized spacial score (nSPS) is 17.9. The zero-order chi connectivity index (χ0) is 16.4. The predicted octanol–water partition coefficient (Wildman–Crippen LogP) is 1.16. The molecule has 1 heterocycles. The number of hydrogen-bond donors (Lipinski definition) is 1. The lowest BCUT2D eigenvalue weighted by atomic mass is 10.2. The van der Waals surface area contributed by atoms with Crippen molar-refractivity contribution in [3.05, 3.63) is 29.8 Å². The van der Waals surface area contributed by atoms with Gasteiger partial charge in [0.2, 0.25) is 0 Å². The fourth-order valence-corrected chi connectivity index (χ4v) is 1.77. The number of hydrogen-bond acceptors (Lipinski definition) is 6. The fourth-order valence-electron chi connectivity index (χ4n) is 1.50. The van der Waals surface area contributed by atoms with E-state index in [1.165, 1.54) is 0 Å². The van der Waals surface area contributed by atoms with Crippen LogP contribution >= 0.6 is 0 Å². The number of carbonyl (C=O) groups is 1. The molecule has 1 aromatic carbocycles. The maximum Gasteiger partial charge on any atom is 0.465 e.